The molecule has 0 bridgehead atoms. The number of hydrogen-bond acceptors (Lipinski definition) is 5. The second-order valence-corrected chi connectivity index (χ2v) is 5.65. The summed E-state index contributed by atoms with van der Waals surface area (Å²) in [4.78, 5) is 14.8. The number of carboxylic acid groups (broad SMARTS) is 1. The number of ether oxygens (including phenoxy) is 1. The van der Waals surface area contributed by atoms with E-state index in [0.29, 0.717) is 6.42 Å². The summed E-state index contributed by atoms with van der Waals surface area (Å²) in [5, 5.41) is 14.6. The Morgan fingerprint density at radius 3 is 3.22 bits per heavy atom. The lowest BCUT2D eigenvalue weighted by Crippen LogP contribution is -2.32. The monoisotopic (exact) mass is 270 g/mol. The zero-order valence-corrected chi connectivity index (χ0v) is 11.3. The fourth-order valence-electron chi connectivity index (χ4n) is 1.98. The lowest BCUT2D eigenvalue weighted by atomic mass is 10.0. The van der Waals surface area contributed by atoms with E-state index in [2.05, 4.69) is 17.2 Å². The molecule has 5 nitrogen and oxygen atoms in total. The van der Waals surface area contributed by atoms with Gasteiger partial charge < -0.3 is 15.2 Å². The normalized spacial score (nSPS) is 23.2. The van der Waals surface area contributed by atoms with E-state index >= 15 is 0 Å². The molecule has 1 fully saturated rings. The van der Waals surface area contributed by atoms with Crippen molar-refractivity contribution < 1.29 is 14.6 Å². The van der Waals surface area contributed by atoms with Crippen molar-refractivity contribution in [1.29, 1.82) is 0 Å². The lowest BCUT2D eigenvalue weighted by molar-refractivity contribution is -0.136. The summed E-state index contributed by atoms with van der Waals surface area (Å²) in [6, 6.07) is 0. The van der Waals surface area contributed by atoms with Crippen LogP contribution in [0.4, 0.5) is 5.13 Å². The van der Waals surface area contributed by atoms with Crippen LogP contribution in [0.2, 0.25) is 0 Å². The number of aryl methyl sites for hydroxylation is 1. The van der Waals surface area contributed by atoms with Gasteiger partial charge in [-0.15, -0.1) is 11.3 Å². The molecule has 18 heavy (non-hydrogen) atoms. The van der Waals surface area contributed by atoms with E-state index in [1.807, 2.05) is 5.38 Å². The van der Waals surface area contributed by atoms with E-state index in [9.17, 15) is 4.79 Å². The van der Waals surface area contributed by atoms with Gasteiger partial charge in [0.15, 0.2) is 5.13 Å². The lowest BCUT2D eigenvalue weighted by Gasteiger charge is -2.22. The first-order valence-electron chi connectivity index (χ1n) is 6.11. The van der Waals surface area contributed by atoms with Crippen LogP contribution in [-0.4, -0.2) is 34.8 Å². The van der Waals surface area contributed by atoms with Gasteiger partial charge in [0.25, 0.3) is 0 Å². The molecule has 0 aliphatic carbocycles. The van der Waals surface area contributed by atoms with Gasteiger partial charge in [0, 0.05) is 25.0 Å². The van der Waals surface area contributed by atoms with Crippen molar-refractivity contribution in [3.8, 4) is 0 Å². The van der Waals surface area contributed by atoms with E-state index < -0.39 is 5.97 Å². The van der Waals surface area contributed by atoms with Crippen LogP contribution in [-0.2, 0) is 16.0 Å². The molecular weight excluding hydrogens is 252 g/mol. The molecule has 2 rings (SSSR count). The summed E-state index contributed by atoms with van der Waals surface area (Å²) in [6.07, 6.45) is 2.79. The Morgan fingerprint density at radius 2 is 2.56 bits per heavy atom. The third kappa shape index (κ3) is 3.68. The van der Waals surface area contributed by atoms with Gasteiger partial charge in [-0.3, -0.25) is 4.79 Å². The predicted octanol–water partition coefficient (Wildman–Crippen LogP) is 2.14. The average Bonchev–Trinajstić information content (AvgIpc) is 2.93. The molecule has 0 aromatic carbocycles. The van der Waals surface area contributed by atoms with Gasteiger partial charge in [0.05, 0.1) is 17.7 Å². The van der Waals surface area contributed by atoms with E-state index in [0.717, 1.165) is 36.8 Å². The highest BCUT2D eigenvalue weighted by molar-refractivity contribution is 7.13. The van der Waals surface area contributed by atoms with Crippen LogP contribution in [0.5, 0.6) is 0 Å². The maximum atomic E-state index is 10.5. The average molecular weight is 270 g/mol. The second kappa shape index (κ2) is 5.67. The summed E-state index contributed by atoms with van der Waals surface area (Å²) in [6.45, 7) is 3.69. The molecule has 0 amide bonds. The van der Waals surface area contributed by atoms with Crippen molar-refractivity contribution in [2.75, 3.05) is 18.5 Å². The fourth-order valence-corrected chi connectivity index (χ4v) is 2.72. The molecule has 1 unspecified atom stereocenters. The van der Waals surface area contributed by atoms with E-state index in [4.69, 9.17) is 9.84 Å². The Morgan fingerprint density at radius 1 is 1.72 bits per heavy atom. The van der Waals surface area contributed by atoms with Crippen LogP contribution >= 0.6 is 11.3 Å². The van der Waals surface area contributed by atoms with Crippen molar-refractivity contribution in [3.05, 3.63) is 11.1 Å². The molecule has 1 aliphatic heterocycles. The number of nitrogens with one attached hydrogen (secondary N) is 1. The van der Waals surface area contributed by atoms with Crippen LogP contribution in [0.25, 0.3) is 0 Å². The molecule has 1 saturated heterocycles. The van der Waals surface area contributed by atoms with Crippen molar-refractivity contribution in [2.45, 2.75) is 38.2 Å². The van der Waals surface area contributed by atoms with Crippen LogP contribution in [0.1, 0.15) is 31.9 Å². The minimum atomic E-state index is -0.788. The van der Waals surface area contributed by atoms with Crippen LogP contribution in [0.15, 0.2) is 5.38 Å². The number of carbonyl (C=O) groups is 1. The van der Waals surface area contributed by atoms with E-state index in [-0.39, 0.29) is 12.0 Å². The molecule has 2 N–H and O–H groups in total. The Bertz CT molecular complexity index is 413. The zero-order valence-electron chi connectivity index (χ0n) is 10.4. The van der Waals surface area contributed by atoms with Crippen LogP contribution in [0.3, 0.4) is 0 Å². The van der Waals surface area contributed by atoms with Gasteiger partial charge in [-0.2, -0.15) is 0 Å². The largest absolute Gasteiger partial charge is 0.481 e. The highest BCUT2D eigenvalue weighted by atomic mass is 32.1. The zero-order chi connectivity index (χ0) is 13.0. The smallest absolute Gasteiger partial charge is 0.303 e. The summed E-state index contributed by atoms with van der Waals surface area (Å²) in [7, 11) is 0. The van der Waals surface area contributed by atoms with Gasteiger partial charge in [-0.25, -0.2) is 4.98 Å². The molecule has 1 atom stereocenters. The van der Waals surface area contributed by atoms with Gasteiger partial charge in [-0.05, 0) is 19.8 Å². The number of nitrogens with zero attached hydrogens (tertiary/aromatic N) is 1. The highest BCUT2D eigenvalue weighted by Crippen LogP contribution is 2.26. The topological polar surface area (TPSA) is 71.5 Å². The summed E-state index contributed by atoms with van der Waals surface area (Å²) >= 11 is 1.51. The van der Waals surface area contributed by atoms with Crippen molar-refractivity contribution in [3.63, 3.8) is 0 Å². The second-order valence-electron chi connectivity index (χ2n) is 4.79. The van der Waals surface area contributed by atoms with E-state index in [1.165, 1.54) is 11.3 Å². The Hall–Kier alpha value is -1.14. The molecule has 0 spiro atoms. The van der Waals surface area contributed by atoms with Gasteiger partial charge in [0.1, 0.15) is 0 Å². The number of aromatic nitrogens is 1. The molecular formula is C12H18N2O3S. The first kappa shape index (κ1) is 13.3. The summed E-state index contributed by atoms with van der Waals surface area (Å²) < 4.78 is 5.68. The van der Waals surface area contributed by atoms with Gasteiger partial charge in [-0.1, -0.05) is 0 Å². The molecule has 1 aliphatic rings. The molecule has 0 saturated carbocycles. The number of anilines is 1. The molecule has 0 radical (unpaired) electrons. The molecule has 2 heterocycles. The number of rotatable bonds is 6. The molecule has 1 aromatic heterocycles. The first-order chi connectivity index (χ1) is 8.57. The summed E-state index contributed by atoms with van der Waals surface area (Å²) in [5.41, 5.74) is 0.745. The van der Waals surface area contributed by atoms with Crippen LogP contribution < -0.4 is 5.32 Å². The number of aliphatic carboxylic acids is 1. The quantitative estimate of drug-likeness (QED) is 0.828. The molecule has 1 aromatic rings. The Labute approximate surface area is 110 Å². The molecule has 100 valence electrons. The van der Waals surface area contributed by atoms with Gasteiger partial charge in [0.2, 0.25) is 0 Å². The predicted molar refractivity (Wildman–Crippen MR) is 70.2 cm³/mol. The Kier molecular flexibility index (Phi) is 4.19. The fraction of sp³-hybridized carbons (Fsp3) is 0.667. The first-order valence-corrected chi connectivity index (χ1v) is 6.99. The number of hydrogen-bond donors (Lipinski definition) is 2. The standard InChI is InChI=1S/C12H18N2O3S/c1-12(5-2-6-17-12)8-13-11-14-9(7-18-11)3-4-10(15)16/h7H,2-6,8H2,1H3,(H,13,14)(H,15,16). The summed E-state index contributed by atoms with van der Waals surface area (Å²) in [5.74, 6) is -0.788. The van der Waals surface area contributed by atoms with Crippen molar-refractivity contribution in [1.82, 2.24) is 4.98 Å². The van der Waals surface area contributed by atoms with Crippen LogP contribution in [0, 0.1) is 0 Å². The molecule has 6 heteroatoms. The highest BCUT2D eigenvalue weighted by Gasteiger charge is 2.29. The minimum Gasteiger partial charge on any atom is -0.481 e. The van der Waals surface area contributed by atoms with Gasteiger partial charge >= 0.3 is 5.97 Å². The third-order valence-electron chi connectivity index (χ3n) is 3.06. The maximum absolute atomic E-state index is 10.5. The number of carboxylic acids is 1. The van der Waals surface area contributed by atoms with E-state index in [1.54, 1.807) is 0 Å². The maximum Gasteiger partial charge on any atom is 0.303 e. The third-order valence-corrected chi connectivity index (χ3v) is 3.91. The minimum absolute atomic E-state index is 0.0904. The SMILES string of the molecule is CC1(CNc2nc(CCC(=O)O)cs2)CCCO1. The van der Waals surface area contributed by atoms with Crippen molar-refractivity contribution in [2.24, 2.45) is 0 Å². The van der Waals surface area contributed by atoms with Crippen molar-refractivity contribution >= 4 is 22.4 Å². The number of thiazole rings is 1. The Balaban J connectivity index is 1.81.